The highest BCUT2D eigenvalue weighted by molar-refractivity contribution is 7.90. The molecule has 0 fully saturated rings. The van der Waals surface area contributed by atoms with Crippen LogP contribution < -0.4 is 5.32 Å². The quantitative estimate of drug-likeness (QED) is 0.526. The molecule has 3 rings (SSSR count). The largest absolute Gasteiger partial charge is 0.350 e. The molecule has 11 heteroatoms. The van der Waals surface area contributed by atoms with Crippen LogP contribution in [0.15, 0.2) is 47.4 Å². The van der Waals surface area contributed by atoms with Crippen LogP contribution in [0.3, 0.4) is 0 Å². The summed E-state index contributed by atoms with van der Waals surface area (Å²) in [6.07, 6.45) is 0.0181. The summed E-state index contributed by atoms with van der Waals surface area (Å²) in [6.45, 7) is 7.04. The number of hydrogen-bond donors (Lipinski definition) is 1. The van der Waals surface area contributed by atoms with E-state index in [-0.39, 0.29) is 48.2 Å². The minimum Gasteiger partial charge on any atom is -0.350 e. The second-order valence-electron chi connectivity index (χ2n) is 9.65. The summed E-state index contributed by atoms with van der Waals surface area (Å²) in [4.78, 5) is 40.2. The zero-order valence-electron chi connectivity index (χ0n) is 20.5. The Morgan fingerprint density at radius 2 is 1.78 bits per heavy atom. The van der Waals surface area contributed by atoms with E-state index >= 15 is 0 Å². The van der Waals surface area contributed by atoms with Gasteiger partial charge in [0.1, 0.15) is 10.9 Å². The number of amides is 3. The minimum absolute atomic E-state index is 0.0344. The lowest BCUT2D eigenvalue weighted by atomic mass is 10.1. The molecule has 1 aliphatic rings. The lowest BCUT2D eigenvalue weighted by molar-refractivity contribution is -0.141. The molecule has 8 nitrogen and oxygen atoms in total. The smallest absolute Gasteiger partial charge is 0.269 e. The van der Waals surface area contributed by atoms with Crippen molar-refractivity contribution in [3.63, 3.8) is 0 Å². The van der Waals surface area contributed by atoms with Gasteiger partial charge in [-0.05, 0) is 63.9 Å². The standard InChI is InChI=1S/C25H29Cl2N3O5S/c1-16(23(32)28-25(2,3)4)29(15-17-11-12-18(26)14-20(17)27)22(31)10-7-13-30-24(33)19-8-5-6-9-21(19)36(30,34)35/h5-6,8-9,11-12,14,16H,7,10,13,15H2,1-4H3,(H,28,32). The third-order valence-corrected chi connectivity index (χ3v) is 8.11. The van der Waals surface area contributed by atoms with Crippen molar-refractivity contribution in [3.8, 4) is 0 Å². The molecule has 1 heterocycles. The summed E-state index contributed by atoms with van der Waals surface area (Å²) in [5.74, 6) is -1.33. The van der Waals surface area contributed by atoms with Gasteiger partial charge in [-0.3, -0.25) is 14.4 Å². The lowest BCUT2D eigenvalue weighted by Gasteiger charge is -2.32. The van der Waals surface area contributed by atoms with Gasteiger partial charge in [-0.25, -0.2) is 12.7 Å². The van der Waals surface area contributed by atoms with Crippen molar-refractivity contribution >= 4 is 50.9 Å². The van der Waals surface area contributed by atoms with Gasteiger partial charge in [0.15, 0.2) is 0 Å². The van der Waals surface area contributed by atoms with Crippen molar-refractivity contribution in [2.75, 3.05) is 6.54 Å². The van der Waals surface area contributed by atoms with Crippen molar-refractivity contribution in [2.24, 2.45) is 0 Å². The fourth-order valence-corrected chi connectivity index (χ4v) is 5.94. The predicted octanol–water partition coefficient (Wildman–Crippen LogP) is 4.25. The van der Waals surface area contributed by atoms with E-state index < -0.39 is 27.5 Å². The lowest BCUT2D eigenvalue weighted by Crippen LogP contribution is -2.52. The Balaban J connectivity index is 1.75. The molecule has 0 aromatic heterocycles. The Morgan fingerprint density at radius 3 is 2.39 bits per heavy atom. The third-order valence-electron chi connectivity index (χ3n) is 5.69. The molecule has 0 bridgehead atoms. The summed E-state index contributed by atoms with van der Waals surface area (Å²) >= 11 is 12.3. The SMILES string of the molecule is CC(C(=O)NC(C)(C)C)N(Cc1ccc(Cl)cc1Cl)C(=O)CCCN1C(=O)c2ccccc2S1(=O)=O. The van der Waals surface area contributed by atoms with Gasteiger partial charge in [-0.2, -0.15) is 0 Å². The first-order valence-corrected chi connectivity index (χ1v) is 13.6. The molecule has 3 amide bonds. The molecule has 1 aliphatic heterocycles. The van der Waals surface area contributed by atoms with E-state index in [9.17, 15) is 22.8 Å². The molecule has 0 saturated carbocycles. The van der Waals surface area contributed by atoms with E-state index in [4.69, 9.17) is 23.2 Å². The van der Waals surface area contributed by atoms with Crippen LogP contribution in [0.1, 0.15) is 56.5 Å². The Bertz CT molecular complexity index is 1290. The molecule has 2 aromatic rings. The summed E-state index contributed by atoms with van der Waals surface area (Å²) < 4.78 is 26.3. The molecule has 2 aromatic carbocycles. The van der Waals surface area contributed by atoms with E-state index in [0.29, 0.717) is 15.6 Å². The van der Waals surface area contributed by atoms with Gasteiger partial charge in [0.2, 0.25) is 11.8 Å². The first-order valence-electron chi connectivity index (χ1n) is 11.4. The maximum Gasteiger partial charge on any atom is 0.269 e. The molecule has 1 unspecified atom stereocenters. The first-order chi connectivity index (χ1) is 16.7. The van der Waals surface area contributed by atoms with Gasteiger partial charge in [-0.1, -0.05) is 41.4 Å². The average Bonchev–Trinajstić information content (AvgIpc) is 2.97. The maximum atomic E-state index is 13.3. The Hall–Kier alpha value is -2.62. The minimum atomic E-state index is -3.96. The van der Waals surface area contributed by atoms with Crippen LogP contribution in [0.2, 0.25) is 10.0 Å². The number of benzene rings is 2. The van der Waals surface area contributed by atoms with Crippen LogP contribution in [-0.4, -0.2) is 53.5 Å². The van der Waals surface area contributed by atoms with Crippen LogP contribution in [0.5, 0.6) is 0 Å². The molecule has 0 spiro atoms. The second-order valence-corrected chi connectivity index (χ2v) is 12.3. The van der Waals surface area contributed by atoms with E-state index in [0.717, 1.165) is 4.31 Å². The predicted molar refractivity (Wildman–Crippen MR) is 138 cm³/mol. The van der Waals surface area contributed by atoms with Crippen LogP contribution in [0.25, 0.3) is 0 Å². The number of nitrogens with zero attached hydrogens (tertiary/aromatic N) is 2. The Morgan fingerprint density at radius 1 is 1.11 bits per heavy atom. The molecular weight excluding hydrogens is 525 g/mol. The first kappa shape index (κ1) is 28.0. The van der Waals surface area contributed by atoms with Crippen LogP contribution in [0.4, 0.5) is 0 Å². The second kappa shape index (κ2) is 10.8. The maximum absolute atomic E-state index is 13.3. The number of carbonyl (C=O) groups excluding carboxylic acids is 3. The molecule has 0 radical (unpaired) electrons. The van der Waals surface area contributed by atoms with Gasteiger partial charge in [0.25, 0.3) is 15.9 Å². The van der Waals surface area contributed by atoms with E-state index in [1.807, 2.05) is 20.8 Å². The molecule has 0 saturated heterocycles. The number of hydrogen-bond acceptors (Lipinski definition) is 5. The fraction of sp³-hybridized carbons (Fsp3) is 0.400. The highest BCUT2D eigenvalue weighted by Gasteiger charge is 2.40. The molecule has 194 valence electrons. The van der Waals surface area contributed by atoms with Gasteiger partial charge in [0.05, 0.1) is 5.56 Å². The summed E-state index contributed by atoms with van der Waals surface area (Å²) in [7, 11) is -3.96. The number of rotatable bonds is 8. The van der Waals surface area contributed by atoms with Crippen LogP contribution in [-0.2, 0) is 26.2 Å². The van der Waals surface area contributed by atoms with Gasteiger partial charge >= 0.3 is 0 Å². The normalized spacial score (nSPS) is 15.4. The zero-order chi connectivity index (χ0) is 26.8. The third kappa shape index (κ3) is 6.19. The topological polar surface area (TPSA) is 104 Å². The van der Waals surface area contributed by atoms with E-state index in [1.54, 1.807) is 37.3 Å². The van der Waals surface area contributed by atoms with Crippen molar-refractivity contribution in [3.05, 3.63) is 63.6 Å². The van der Waals surface area contributed by atoms with E-state index in [1.165, 1.54) is 17.0 Å². The van der Waals surface area contributed by atoms with Crippen molar-refractivity contribution in [2.45, 2.75) is 63.6 Å². The summed E-state index contributed by atoms with van der Waals surface area (Å²) in [6, 6.07) is 10.1. The number of sulfonamides is 1. The molecule has 36 heavy (non-hydrogen) atoms. The number of nitrogens with one attached hydrogen (secondary N) is 1. The molecule has 1 N–H and O–H groups in total. The van der Waals surface area contributed by atoms with Crippen LogP contribution in [0, 0.1) is 0 Å². The average molecular weight is 554 g/mol. The highest BCUT2D eigenvalue weighted by atomic mass is 35.5. The fourth-order valence-electron chi connectivity index (χ4n) is 3.86. The van der Waals surface area contributed by atoms with Crippen molar-refractivity contribution in [1.82, 2.24) is 14.5 Å². The van der Waals surface area contributed by atoms with Gasteiger partial charge in [-0.15, -0.1) is 0 Å². The zero-order valence-corrected chi connectivity index (χ0v) is 22.9. The van der Waals surface area contributed by atoms with E-state index in [2.05, 4.69) is 5.32 Å². The molecule has 0 aliphatic carbocycles. The van der Waals surface area contributed by atoms with Gasteiger partial charge in [0, 0.05) is 35.1 Å². The summed E-state index contributed by atoms with van der Waals surface area (Å²) in [5.41, 5.74) is 0.227. The molecular formula is C25H29Cl2N3O5S. The Kier molecular flexibility index (Phi) is 8.37. The Labute approximate surface area is 221 Å². The van der Waals surface area contributed by atoms with Crippen LogP contribution >= 0.6 is 23.2 Å². The highest BCUT2D eigenvalue weighted by Crippen LogP contribution is 2.30. The van der Waals surface area contributed by atoms with Gasteiger partial charge < -0.3 is 10.2 Å². The number of fused-ring (bicyclic) bond motifs is 1. The van der Waals surface area contributed by atoms with Crippen molar-refractivity contribution < 1.29 is 22.8 Å². The number of halogens is 2. The number of carbonyl (C=O) groups is 3. The van der Waals surface area contributed by atoms with Crippen molar-refractivity contribution in [1.29, 1.82) is 0 Å². The monoisotopic (exact) mass is 553 g/mol. The molecule has 1 atom stereocenters. The summed E-state index contributed by atoms with van der Waals surface area (Å²) in [5, 5.41) is 3.67.